The highest BCUT2D eigenvalue weighted by atomic mass is 127. The Morgan fingerprint density at radius 1 is 1.32 bits per heavy atom. The number of benzene rings is 1. The number of rotatable bonds is 8. The van der Waals surface area contributed by atoms with E-state index in [0.717, 1.165) is 54.7 Å². The smallest absolute Gasteiger partial charge is 0.224 e. The lowest BCUT2D eigenvalue weighted by molar-refractivity contribution is -0.116. The Morgan fingerprint density at radius 3 is 2.77 bits per heavy atom. The number of anilines is 1. The number of ether oxygens (including phenoxy) is 1. The van der Waals surface area contributed by atoms with Gasteiger partial charge in [-0.05, 0) is 30.5 Å². The van der Waals surface area contributed by atoms with Crippen molar-refractivity contribution in [1.82, 2.24) is 25.4 Å². The molecule has 9 nitrogen and oxygen atoms in total. The highest BCUT2D eigenvalue weighted by Crippen LogP contribution is 2.14. The van der Waals surface area contributed by atoms with Crippen LogP contribution in [0, 0.1) is 0 Å². The average molecular weight is 541 g/mol. The van der Waals surface area contributed by atoms with Crippen LogP contribution in [0.25, 0.3) is 0 Å². The molecule has 0 fully saturated rings. The van der Waals surface area contributed by atoms with Crippen molar-refractivity contribution in [3.8, 4) is 0 Å². The molecule has 2 heterocycles. The van der Waals surface area contributed by atoms with Crippen LogP contribution in [0.1, 0.15) is 43.4 Å². The number of carbonyl (C=O) groups excluding carboxylic acids is 1. The molecular weight excluding hydrogens is 509 g/mol. The summed E-state index contributed by atoms with van der Waals surface area (Å²) in [6, 6.07) is 8.08. The van der Waals surface area contributed by atoms with E-state index in [9.17, 15) is 4.79 Å². The van der Waals surface area contributed by atoms with Crippen LogP contribution in [0.3, 0.4) is 0 Å². The molecule has 1 atom stereocenters. The van der Waals surface area contributed by atoms with Gasteiger partial charge in [-0.3, -0.25) is 9.79 Å². The topological polar surface area (TPSA) is 105 Å². The molecule has 1 unspecified atom stereocenters. The Labute approximate surface area is 200 Å². The van der Waals surface area contributed by atoms with E-state index in [1.807, 2.05) is 35.9 Å². The fourth-order valence-electron chi connectivity index (χ4n) is 3.40. The van der Waals surface area contributed by atoms with Gasteiger partial charge in [0.25, 0.3) is 0 Å². The van der Waals surface area contributed by atoms with Crippen molar-refractivity contribution in [2.75, 3.05) is 19.5 Å². The van der Waals surface area contributed by atoms with Gasteiger partial charge in [0.1, 0.15) is 12.4 Å². The first-order valence-electron chi connectivity index (χ1n) is 10.4. The van der Waals surface area contributed by atoms with Gasteiger partial charge in [0.2, 0.25) is 5.91 Å². The highest BCUT2D eigenvalue weighted by Gasteiger charge is 2.22. The molecule has 0 saturated heterocycles. The number of aliphatic imine (C=N–C) groups is 1. The van der Waals surface area contributed by atoms with Gasteiger partial charge in [0.15, 0.2) is 11.8 Å². The van der Waals surface area contributed by atoms with Crippen LogP contribution < -0.4 is 16.0 Å². The van der Waals surface area contributed by atoms with E-state index in [2.05, 4.69) is 31.0 Å². The average Bonchev–Trinajstić information content (AvgIpc) is 3.14. The summed E-state index contributed by atoms with van der Waals surface area (Å²) in [6.45, 7) is 3.81. The molecule has 2 aromatic rings. The summed E-state index contributed by atoms with van der Waals surface area (Å²) < 4.78 is 7.07. The van der Waals surface area contributed by atoms with E-state index < -0.39 is 0 Å². The lowest BCUT2D eigenvalue weighted by atomic mass is 10.1. The Kier molecular flexibility index (Phi) is 10.2. The first-order chi connectivity index (χ1) is 14.6. The molecule has 1 aliphatic heterocycles. The van der Waals surface area contributed by atoms with E-state index in [1.54, 1.807) is 14.2 Å². The molecule has 0 radical (unpaired) electrons. The molecule has 1 amide bonds. The number of hydrogen-bond donors (Lipinski definition) is 3. The fraction of sp³-hybridized carbons (Fsp3) is 0.524. The van der Waals surface area contributed by atoms with Crippen LogP contribution in [0.15, 0.2) is 29.3 Å². The Balaban J connectivity index is 0.00000341. The van der Waals surface area contributed by atoms with Gasteiger partial charge in [-0.1, -0.05) is 19.1 Å². The lowest BCUT2D eigenvalue weighted by Crippen LogP contribution is -2.46. The number of methoxy groups -OCH3 is 1. The van der Waals surface area contributed by atoms with Crippen LogP contribution >= 0.6 is 24.0 Å². The standard InChI is InChI=1S/C21H31N7O2.HI/c1-4-5-20(29)24-16-8-6-15(7-9-16)12-23-21(22-2)25-17-10-11-19-26-18(14-30-3)27-28(19)13-17;/h6-9,17H,4-5,10-14H2,1-3H3,(H,24,29)(H2,22,23,25);1H. The van der Waals surface area contributed by atoms with Gasteiger partial charge in [-0.25, -0.2) is 9.67 Å². The van der Waals surface area contributed by atoms with Crippen molar-refractivity contribution >= 4 is 41.5 Å². The monoisotopic (exact) mass is 541 g/mol. The second-order valence-electron chi connectivity index (χ2n) is 7.36. The second-order valence-corrected chi connectivity index (χ2v) is 7.36. The highest BCUT2D eigenvalue weighted by molar-refractivity contribution is 14.0. The summed E-state index contributed by atoms with van der Waals surface area (Å²) in [5.41, 5.74) is 1.93. The quantitative estimate of drug-likeness (QED) is 0.270. The lowest BCUT2D eigenvalue weighted by Gasteiger charge is -2.25. The van der Waals surface area contributed by atoms with Crippen molar-refractivity contribution in [3.05, 3.63) is 41.5 Å². The summed E-state index contributed by atoms with van der Waals surface area (Å²) in [5, 5.41) is 14.2. The fourth-order valence-corrected chi connectivity index (χ4v) is 3.40. The van der Waals surface area contributed by atoms with E-state index >= 15 is 0 Å². The summed E-state index contributed by atoms with van der Waals surface area (Å²) in [4.78, 5) is 20.5. The third-order valence-electron chi connectivity index (χ3n) is 4.91. The summed E-state index contributed by atoms with van der Waals surface area (Å²) in [6.07, 6.45) is 3.22. The Bertz CT molecular complexity index is 867. The number of aryl methyl sites for hydroxylation is 1. The SMILES string of the molecule is CCCC(=O)Nc1ccc(CNC(=NC)NC2CCc3nc(COC)nn3C2)cc1.I. The van der Waals surface area contributed by atoms with Crippen LogP contribution in [0.5, 0.6) is 0 Å². The molecule has 170 valence electrons. The van der Waals surface area contributed by atoms with Gasteiger partial charge in [0, 0.05) is 45.3 Å². The summed E-state index contributed by atoms with van der Waals surface area (Å²) in [7, 11) is 3.41. The molecule has 1 aromatic carbocycles. The van der Waals surface area contributed by atoms with Crippen molar-refractivity contribution in [1.29, 1.82) is 0 Å². The molecule has 10 heteroatoms. The molecule has 0 spiro atoms. The van der Waals surface area contributed by atoms with Gasteiger partial charge < -0.3 is 20.7 Å². The number of hydrogen-bond acceptors (Lipinski definition) is 5. The third kappa shape index (κ3) is 7.46. The number of nitrogens with one attached hydrogen (secondary N) is 3. The molecule has 0 saturated carbocycles. The molecule has 3 rings (SSSR count). The minimum absolute atomic E-state index is 0. The summed E-state index contributed by atoms with van der Waals surface area (Å²) in [5.74, 6) is 2.53. The number of amides is 1. The summed E-state index contributed by atoms with van der Waals surface area (Å²) >= 11 is 0. The van der Waals surface area contributed by atoms with Crippen molar-refractivity contribution in [2.24, 2.45) is 4.99 Å². The molecule has 0 bridgehead atoms. The number of aromatic nitrogens is 3. The zero-order chi connectivity index (χ0) is 21.3. The van der Waals surface area contributed by atoms with Crippen LogP contribution in [0.2, 0.25) is 0 Å². The predicted octanol–water partition coefficient (Wildman–Crippen LogP) is 2.46. The largest absolute Gasteiger partial charge is 0.377 e. The van der Waals surface area contributed by atoms with E-state index in [1.165, 1.54) is 0 Å². The Morgan fingerprint density at radius 2 is 2.10 bits per heavy atom. The zero-order valence-corrected chi connectivity index (χ0v) is 20.7. The van der Waals surface area contributed by atoms with Gasteiger partial charge in [-0.2, -0.15) is 5.10 Å². The first-order valence-corrected chi connectivity index (χ1v) is 10.4. The van der Waals surface area contributed by atoms with Crippen LogP contribution in [0.4, 0.5) is 5.69 Å². The molecular formula is C21H32IN7O2. The van der Waals surface area contributed by atoms with E-state index in [0.29, 0.717) is 19.6 Å². The van der Waals surface area contributed by atoms with Gasteiger partial charge in [0.05, 0.1) is 6.54 Å². The number of halogens is 1. The maximum atomic E-state index is 11.7. The maximum absolute atomic E-state index is 11.7. The molecule has 0 aliphatic carbocycles. The molecule has 31 heavy (non-hydrogen) atoms. The van der Waals surface area contributed by atoms with Gasteiger partial charge >= 0.3 is 0 Å². The first kappa shape index (κ1) is 25.1. The number of nitrogens with zero attached hydrogens (tertiary/aromatic N) is 4. The van der Waals surface area contributed by atoms with E-state index in [-0.39, 0.29) is 35.9 Å². The molecule has 3 N–H and O–H groups in total. The van der Waals surface area contributed by atoms with Crippen LogP contribution in [-0.2, 0) is 35.6 Å². The molecule has 1 aliphatic rings. The van der Waals surface area contributed by atoms with Crippen LogP contribution in [-0.4, -0.2) is 46.8 Å². The van der Waals surface area contributed by atoms with Crippen molar-refractivity contribution in [3.63, 3.8) is 0 Å². The number of carbonyl (C=O) groups is 1. The predicted molar refractivity (Wildman–Crippen MR) is 132 cm³/mol. The minimum atomic E-state index is 0. The Hall–Kier alpha value is -2.21. The van der Waals surface area contributed by atoms with E-state index in [4.69, 9.17) is 4.74 Å². The number of fused-ring (bicyclic) bond motifs is 1. The maximum Gasteiger partial charge on any atom is 0.224 e. The second kappa shape index (κ2) is 12.6. The molecule has 1 aromatic heterocycles. The third-order valence-corrected chi connectivity index (χ3v) is 4.91. The zero-order valence-electron chi connectivity index (χ0n) is 18.4. The van der Waals surface area contributed by atoms with Crippen molar-refractivity contribution < 1.29 is 9.53 Å². The van der Waals surface area contributed by atoms with Crippen molar-refractivity contribution in [2.45, 2.75) is 58.3 Å². The normalized spacial score (nSPS) is 15.6. The number of guanidine groups is 1. The van der Waals surface area contributed by atoms with Gasteiger partial charge in [-0.15, -0.1) is 24.0 Å². The minimum Gasteiger partial charge on any atom is -0.377 e.